The summed E-state index contributed by atoms with van der Waals surface area (Å²) in [5, 5.41) is 0. The van der Waals surface area contributed by atoms with Crippen molar-refractivity contribution in [2.24, 2.45) is 5.92 Å². The number of nitrogens with zero attached hydrogens (tertiary/aromatic N) is 1. The van der Waals surface area contributed by atoms with Crippen LogP contribution in [0.4, 0.5) is 0 Å². The number of hydrogen-bond donors (Lipinski definition) is 0. The van der Waals surface area contributed by atoms with Gasteiger partial charge in [-0.3, -0.25) is 9.69 Å². The first-order valence-corrected chi connectivity index (χ1v) is 7.41. The Hall–Kier alpha value is -1.15. The van der Waals surface area contributed by atoms with Crippen molar-refractivity contribution in [1.29, 1.82) is 0 Å². The van der Waals surface area contributed by atoms with Crippen molar-refractivity contribution in [2.75, 3.05) is 19.6 Å². The molecule has 19 heavy (non-hydrogen) atoms. The Labute approximate surface area is 117 Å². The highest BCUT2D eigenvalue weighted by atomic mass is 16.1. The van der Waals surface area contributed by atoms with E-state index in [0.717, 1.165) is 31.5 Å². The first kappa shape index (κ1) is 15.9. The lowest BCUT2D eigenvalue weighted by atomic mass is 10.0. The fraction of sp³-hybridized carbons (Fsp3) is 0.588. The molecule has 2 nitrogen and oxygen atoms in total. The summed E-state index contributed by atoms with van der Waals surface area (Å²) in [6.45, 7) is 11.1. The molecular formula is C17H27NO. The average Bonchev–Trinajstić information content (AvgIpc) is 2.38. The van der Waals surface area contributed by atoms with Gasteiger partial charge >= 0.3 is 0 Å². The number of aryl methyl sites for hydroxylation is 1. The van der Waals surface area contributed by atoms with Gasteiger partial charge < -0.3 is 0 Å². The molecule has 0 spiro atoms. The SMILES string of the molecule is CCCc1ccc(C(=O)CN(CC)CC(C)C)cc1. The van der Waals surface area contributed by atoms with Crippen molar-refractivity contribution < 1.29 is 4.79 Å². The summed E-state index contributed by atoms with van der Waals surface area (Å²) in [6.07, 6.45) is 2.23. The molecule has 0 saturated carbocycles. The molecule has 0 amide bonds. The van der Waals surface area contributed by atoms with Gasteiger partial charge in [0.15, 0.2) is 5.78 Å². The molecule has 0 bridgehead atoms. The molecule has 0 atom stereocenters. The Morgan fingerprint density at radius 1 is 1.16 bits per heavy atom. The molecule has 0 aliphatic heterocycles. The van der Waals surface area contributed by atoms with E-state index in [9.17, 15) is 4.79 Å². The topological polar surface area (TPSA) is 20.3 Å². The second-order valence-corrected chi connectivity index (χ2v) is 5.59. The predicted molar refractivity (Wildman–Crippen MR) is 81.7 cm³/mol. The van der Waals surface area contributed by atoms with E-state index in [1.165, 1.54) is 5.56 Å². The van der Waals surface area contributed by atoms with Gasteiger partial charge in [0.1, 0.15) is 0 Å². The summed E-state index contributed by atoms with van der Waals surface area (Å²) in [6, 6.07) is 8.10. The molecule has 0 radical (unpaired) electrons. The van der Waals surface area contributed by atoms with Gasteiger partial charge in [0.25, 0.3) is 0 Å². The maximum atomic E-state index is 12.2. The minimum absolute atomic E-state index is 0.227. The molecule has 0 unspecified atom stereocenters. The molecule has 0 N–H and O–H groups in total. The predicted octanol–water partition coefficient (Wildman–Crippen LogP) is 3.80. The molecular weight excluding hydrogens is 234 g/mol. The van der Waals surface area contributed by atoms with E-state index >= 15 is 0 Å². The third-order valence-electron chi connectivity index (χ3n) is 3.25. The van der Waals surface area contributed by atoms with Crippen LogP contribution in [0.5, 0.6) is 0 Å². The van der Waals surface area contributed by atoms with Gasteiger partial charge in [-0.15, -0.1) is 0 Å². The molecule has 0 aliphatic rings. The lowest BCUT2D eigenvalue weighted by Gasteiger charge is -2.21. The van der Waals surface area contributed by atoms with E-state index in [4.69, 9.17) is 0 Å². The summed E-state index contributed by atoms with van der Waals surface area (Å²) in [5.41, 5.74) is 2.15. The monoisotopic (exact) mass is 261 g/mol. The van der Waals surface area contributed by atoms with Crippen molar-refractivity contribution in [3.05, 3.63) is 35.4 Å². The number of ketones is 1. The third kappa shape index (κ3) is 5.56. The Morgan fingerprint density at radius 3 is 2.26 bits per heavy atom. The molecule has 106 valence electrons. The first-order valence-electron chi connectivity index (χ1n) is 7.41. The number of carbonyl (C=O) groups is 1. The smallest absolute Gasteiger partial charge is 0.176 e. The lowest BCUT2D eigenvalue weighted by Crippen LogP contribution is -2.32. The summed E-state index contributed by atoms with van der Waals surface area (Å²) in [4.78, 5) is 14.4. The van der Waals surface area contributed by atoms with E-state index in [0.29, 0.717) is 12.5 Å². The molecule has 0 aromatic heterocycles. The van der Waals surface area contributed by atoms with Crippen LogP contribution in [0.25, 0.3) is 0 Å². The van der Waals surface area contributed by atoms with Crippen LogP contribution < -0.4 is 0 Å². The molecule has 1 rings (SSSR count). The Balaban J connectivity index is 2.61. The van der Waals surface area contributed by atoms with E-state index in [1.807, 2.05) is 12.1 Å². The second kappa shape index (κ2) is 8.11. The van der Waals surface area contributed by atoms with Crippen LogP contribution in [-0.4, -0.2) is 30.3 Å². The van der Waals surface area contributed by atoms with E-state index < -0.39 is 0 Å². The first-order chi connectivity index (χ1) is 9.06. The highest BCUT2D eigenvalue weighted by molar-refractivity contribution is 5.97. The van der Waals surface area contributed by atoms with E-state index in [1.54, 1.807) is 0 Å². The van der Waals surface area contributed by atoms with Crippen LogP contribution in [0.2, 0.25) is 0 Å². The van der Waals surface area contributed by atoms with Crippen LogP contribution in [0.15, 0.2) is 24.3 Å². The van der Waals surface area contributed by atoms with E-state index in [2.05, 4.69) is 44.7 Å². The van der Waals surface area contributed by atoms with Gasteiger partial charge in [-0.05, 0) is 24.4 Å². The zero-order valence-electron chi connectivity index (χ0n) is 12.8. The molecule has 1 aromatic rings. The molecule has 0 fully saturated rings. The van der Waals surface area contributed by atoms with Gasteiger partial charge in [0.2, 0.25) is 0 Å². The average molecular weight is 261 g/mol. The molecule has 2 heteroatoms. The summed E-state index contributed by atoms with van der Waals surface area (Å²) in [5.74, 6) is 0.824. The third-order valence-corrected chi connectivity index (χ3v) is 3.25. The van der Waals surface area contributed by atoms with Gasteiger partial charge in [-0.2, -0.15) is 0 Å². The zero-order valence-corrected chi connectivity index (χ0v) is 12.8. The summed E-state index contributed by atoms with van der Waals surface area (Å²) < 4.78 is 0. The van der Waals surface area contributed by atoms with Crippen molar-refractivity contribution in [3.63, 3.8) is 0 Å². The van der Waals surface area contributed by atoms with Crippen LogP contribution in [0.1, 0.15) is 50.0 Å². The van der Waals surface area contributed by atoms with Crippen molar-refractivity contribution in [3.8, 4) is 0 Å². The van der Waals surface area contributed by atoms with Crippen LogP contribution in [0.3, 0.4) is 0 Å². The van der Waals surface area contributed by atoms with E-state index in [-0.39, 0.29) is 5.78 Å². The van der Waals surface area contributed by atoms with Crippen molar-refractivity contribution in [2.45, 2.75) is 40.5 Å². The highest BCUT2D eigenvalue weighted by Crippen LogP contribution is 2.09. The second-order valence-electron chi connectivity index (χ2n) is 5.59. The summed E-state index contributed by atoms with van der Waals surface area (Å²) >= 11 is 0. The molecule has 0 heterocycles. The van der Waals surface area contributed by atoms with Crippen molar-refractivity contribution in [1.82, 2.24) is 4.90 Å². The Morgan fingerprint density at radius 2 is 1.79 bits per heavy atom. The number of benzene rings is 1. The van der Waals surface area contributed by atoms with Gasteiger partial charge in [0, 0.05) is 12.1 Å². The Bertz CT molecular complexity index is 381. The maximum absolute atomic E-state index is 12.2. The van der Waals surface area contributed by atoms with Crippen LogP contribution >= 0.6 is 0 Å². The fourth-order valence-electron chi connectivity index (χ4n) is 2.26. The zero-order chi connectivity index (χ0) is 14.3. The Kier molecular flexibility index (Phi) is 6.79. The summed E-state index contributed by atoms with van der Waals surface area (Å²) in [7, 11) is 0. The number of Topliss-reactive ketones (excluding diaryl/α,β-unsaturated/α-hetero) is 1. The van der Waals surface area contributed by atoms with Crippen LogP contribution in [0, 0.1) is 5.92 Å². The molecule has 1 aromatic carbocycles. The van der Waals surface area contributed by atoms with Crippen LogP contribution in [-0.2, 0) is 6.42 Å². The minimum atomic E-state index is 0.227. The standard InChI is InChI=1S/C17H27NO/c1-5-7-15-8-10-16(11-9-15)17(19)13-18(6-2)12-14(3)4/h8-11,14H,5-7,12-13H2,1-4H3. The molecule has 0 saturated heterocycles. The largest absolute Gasteiger partial charge is 0.296 e. The molecule has 0 aliphatic carbocycles. The quantitative estimate of drug-likeness (QED) is 0.663. The van der Waals surface area contributed by atoms with Gasteiger partial charge in [-0.1, -0.05) is 58.4 Å². The van der Waals surface area contributed by atoms with Crippen molar-refractivity contribution >= 4 is 5.78 Å². The number of hydrogen-bond acceptors (Lipinski definition) is 2. The number of carbonyl (C=O) groups excluding carboxylic acids is 1. The lowest BCUT2D eigenvalue weighted by molar-refractivity contribution is 0.0926. The maximum Gasteiger partial charge on any atom is 0.176 e. The highest BCUT2D eigenvalue weighted by Gasteiger charge is 2.12. The number of likely N-dealkylation sites (N-methyl/N-ethyl adjacent to an activating group) is 1. The number of rotatable bonds is 8. The fourth-order valence-corrected chi connectivity index (χ4v) is 2.26. The van der Waals surface area contributed by atoms with Gasteiger partial charge in [-0.25, -0.2) is 0 Å². The normalized spacial score (nSPS) is 11.3. The minimum Gasteiger partial charge on any atom is -0.296 e. The van der Waals surface area contributed by atoms with Gasteiger partial charge in [0.05, 0.1) is 6.54 Å².